The third kappa shape index (κ3) is 2.08. The molecule has 2 rings (SSSR count). The van der Waals surface area contributed by atoms with Crippen LogP contribution in [0.1, 0.15) is 0 Å². The van der Waals surface area contributed by atoms with Crippen LogP contribution in [-0.4, -0.2) is 22.6 Å². The summed E-state index contributed by atoms with van der Waals surface area (Å²) in [5.74, 6) is -0.564. The fourth-order valence-corrected chi connectivity index (χ4v) is 2.19. The maximum atomic E-state index is 11.7. The van der Waals surface area contributed by atoms with E-state index in [9.17, 15) is 14.4 Å². The van der Waals surface area contributed by atoms with Gasteiger partial charge in [-0.2, -0.15) is 0 Å². The number of hydrogen-bond donors (Lipinski definition) is 1. The van der Waals surface area contributed by atoms with E-state index in [1.807, 2.05) is 0 Å². The summed E-state index contributed by atoms with van der Waals surface area (Å²) in [7, 11) is 1.23. The molecule has 0 bridgehead atoms. The minimum atomic E-state index is -0.643. The standard InChI is InChI=1S/C11H9BrN2O4/c1-18-8(15)5-14-7-4-2-3-6(12)9(7)10(16)13-11(14)17/h2-4H,5H2,1H3,(H,13,16,17). The number of H-pyrrole nitrogens is 1. The first kappa shape index (κ1) is 12.6. The van der Waals surface area contributed by atoms with Crippen LogP contribution in [0.3, 0.4) is 0 Å². The SMILES string of the molecule is COC(=O)Cn1c(=O)[nH]c(=O)c2c(Br)cccc21. The van der Waals surface area contributed by atoms with Crippen LogP contribution in [0.2, 0.25) is 0 Å². The fraction of sp³-hybridized carbons (Fsp3) is 0.182. The van der Waals surface area contributed by atoms with E-state index in [0.717, 1.165) is 4.57 Å². The molecule has 0 aliphatic heterocycles. The smallest absolute Gasteiger partial charge is 0.329 e. The Kier molecular flexibility index (Phi) is 3.33. The van der Waals surface area contributed by atoms with Crippen molar-refractivity contribution in [3.05, 3.63) is 43.5 Å². The number of aromatic amines is 1. The van der Waals surface area contributed by atoms with Crippen LogP contribution >= 0.6 is 15.9 Å². The summed E-state index contributed by atoms with van der Waals surface area (Å²) >= 11 is 3.24. The molecular weight excluding hydrogens is 304 g/mol. The quantitative estimate of drug-likeness (QED) is 0.824. The highest BCUT2D eigenvalue weighted by Crippen LogP contribution is 2.18. The summed E-state index contributed by atoms with van der Waals surface area (Å²) in [6, 6.07) is 4.96. The van der Waals surface area contributed by atoms with Crippen LogP contribution in [0, 0.1) is 0 Å². The molecule has 1 heterocycles. The predicted octanol–water partition coefficient (Wildman–Crippen LogP) is 0.625. The first-order valence-corrected chi connectivity index (χ1v) is 5.82. The number of rotatable bonds is 2. The molecule has 0 aliphatic carbocycles. The van der Waals surface area contributed by atoms with Crippen LogP contribution in [0.4, 0.5) is 0 Å². The minimum Gasteiger partial charge on any atom is -0.468 e. The lowest BCUT2D eigenvalue weighted by Gasteiger charge is -2.08. The molecule has 0 amide bonds. The lowest BCUT2D eigenvalue weighted by molar-refractivity contribution is -0.141. The zero-order valence-electron chi connectivity index (χ0n) is 9.40. The van der Waals surface area contributed by atoms with Crippen molar-refractivity contribution < 1.29 is 9.53 Å². The highest BCUT2D eigenvalue weighted by atomic mass is 79.9. The van der Waals surface area contributed by atoms with Crippen LogP contribution in [0.15, 0.2) is 32.3 Å². The number of nitrogens with one attached hydrogen (secondary N) is 1. The minimum absolute atomic E-state index is 0.251. The molecule has 0 atom stereocenters. The van der Waals surface area contributed by atoms with Crippen molar-refractivity contribution in [2.75, 3.05) is 7.11 Å². The summed E-state index contributed by atoms with van der Waals surface area (Å²) < 4.78 is 6.23. The molecule has 94 valence electrons. The van der Waals surface area contributed by atoms with Crippen molar-refractivity contribution in [2.45, 2.75) is 6.54 Å². The first-order valence-electron chi connectivity index (χ1n) is 5.02. The first-order chi connectivity index (χ1) is 8.54. The highest BCUT2D eigenvalue weighted by molar-refractivity contribution is 9.10. The Morgan fingerprint density at radius 2 is 2.17 bits per heavy atom. The highest BCUT2D eigenvalue weighted by Gasteiger charge is 2.12. The van der Waals surface area contributed by atoms with Gasteiger partial charge >= 0.3 is 11.7 Å². The molecule has 0 aliphatic rings. The fourth-order valence-electron chi connectivity index (χ4n) is 1.65. The molecule has 0 saturated heterocycles. The summed E-state index contributed by atoms with van der Waals surface area (Å²) in [5, 5.41) is 0.320. The van der Waals surface area contributed by atoms with Crippen LogP contribution in [0.5, 0.6) is 0 Å². The molecule has 0 unspecified atom stereocenters. The number of halogens is 1. The number of aromatic nitrogens is 2. The van der Waals surface area contributed by atoms with Gasteiger partial charge in [0.2, 0.25) is 0 Å². The zero-order valence-corrected chi connectivity index (χ0v) is 11.0. The molecule has 0 radical (unpaired) electrons. The molecule has 0 fully saturated rings. The number of esters is 1. The van der Waals surface area contributed by atoms with Crippen LogP contribution in [0.25, 0.3) is 10.9 Å². The number of hydrogen-bond acceptors (Lipinski definition) is 4. The normalized spacial score (nSPS) is 10.6. The second-order valence-electron chi connectivity index (χ2n) is 3.56. The number of carbonyl (C=O) groups excluding carboxylic acids is 1. The van der Waals surface area contributed by atoms with E-state index in [1.54, 1.807) is 18.2 Å². The third-order valence-electron chi connectivity index (χ3n) is 2.49. The van der Waals surface area contributed by atoms with Gasteiger partial charge in [-0.05, 0) is 28.1 Å². The summed E-state index contributed by atoms with van der Waals surface area (Å²) in [5.41, 5.74) is -0.761. The molecule has 0 spiro atoms. The van der Waals surface area contributed by atoms with Gasteiger partial charge in [0.25, 0.3) is 5.56 Å². The average Bonchev–Trinajstić information content (AvgIpc) is 2.33. The molecule has 6 nitrogen and oxygen atoms in total. The van der Waals surface area contributed by atoms with Crippen molar-refractivity contribution in [3.63, 3.8) is 0 Å². The van der Waals surface area contributed by atoms with Gasteiger partial charge in [0.15, 0.2) is 0 Å². The van der Waals surface area contributed by atoms with Gasteiger partial charge in [0.1, 0.15) is 6.54 Å². The van der Waals surface area contributed by atoms with Crippen molar-refractivity contribution in [1.29, 1.82) is 0 Å². The maximum absolute atomic E-state index is 11.7. The largest absolute Gasteiger partial charge is 0.468 e. The van der Waals surface area contributed by atoms with E-state index in [2.05, 4.69) is 25.7 Å². The summed E-state index contributed by atoms with van der Waals surface area (Å²) in [4.78, 5) is 36.8. The number of ether oxygens (including phenoxy) is 1. The van der Waals surface area contributed by atoms with E-state index in [1.165, 1.54) is 7.11 Å². The molecule has 2 aromatic rings. The van der Waals surface area contributed by atoms with E-state index in [-0.39, 0.29) is 6.54 Å². The topological polar surface area (TPSA) is 81.2 Å². The van der Waals surface area contributed by atoms with Gasteiger partial charge in [-0.3, -0.25) is 19.1 Å². The Balaban J connectivity index is 2.81. The monoisotopic (exact) mass is 312 g/mol. The third-order valence-corrected chi connectivity index (χ3v) is 3.15. The molecular formula is C11H9BrN2O4. The van der Waals surface area contributed by atoms with Crippen molar-refractivity contribution >= 4 is 32.8 Å². The van der Waals surface area contributed by atoms with Gasteiger partial charge in [0.05, 0.1) is 18.0 Å². The Hall–Kier alpha value is -1.89. The molecule has 7 heteroatoms. The van der Waals surface area contributed by atoms with Crippen molar-refractivity contribution in [2.24, 2.45) is 0 Å². The Labute approximate surface area is 109 Å². The zero-order chi connectivity index (χ0) is 13.3. The van der Waals surface area contributed by atoms with Gasteiger partial charge in [0, 0.05) is 4.47 Å². The van der Waals surface area contributed by atoms with Gasteiger partial charge in [-0.1, -0.05) is 6.07 Å². The number of nitrogens with zero attached hydrogens (tertiary/aromatic N) is 1. The van der Waals surface area contributed by atoms with Crippen LogP contribution < -0.4 is 11.2 Å². The van der Waals surface area contributed by atoms with E-state index in [0.29, 0.717) is 15.4 Å². The number of methoxy groups -OCH3 is 1. The number of carbonyl (C=O) groups is 1. The van der Waals surface area contributed by atoms with Gasteiger partial charge in [-0.15, -0.1) is 0 Å². The Morgan fingerprint density at radius 3 is 2.83 bits per heavy atom. The van der Waals surface area contributed by atoms with Crippen molar-refractivity contribution in [1.82, 2.24) is 9.55 Å². The Bertz CT molecular complexity index is 732. The van der Waals surface area contributed by atoms with E-state index >= 15 is 0 Å². The number of benzene rings is 1. The van der Waals surface area contributed by atoms with E-state index < -0.39 is 17.2 Å². The average molecular weight is 313 g/mol. The number of fused-ring (bicyclic) bond motifs is 1. The molecule has 1 N–H and O–H groups in total. The summed E-state index contributed by atoms with van der Waals surface area (Å²) in [6.45, 7) is -0.251. The van der Waals surface area contributed by atoms with Crippen molar-refractivity contribution in [3.8, 4) is 0 Å². The second kappa shape index (κ2) is 4.77. The lowest BCUT2D eigenvalue weighted by atomic mass is 10.2. The summed E-state index contributed by atoms with van der Waals surface area (Å²) in [6.07, 6.45) is 0. The lowest BCUT2D eigenvalue weighted by Crippen LogP contribution is -2.32. The van der Waals surface area contributed by atoms with Gasteiger partial charge in [-0.25, -0.2) is 4.79 Å². The van der Waals surface area contributed by atoms with Gasteiger partial charge < -0.3 is 4.74 Å². The molecule has 18 heavy (non-hydrogen) atoms. The molecule has 0 saturated carbocycles. The van der Waals surface area contributed by atoms with E-state index in [4.69, 9.17) is 0 Å². The molecule has 1 aromatic carbocycles. The maximum Gasteiger partial charge on any atom is 0.329 e. The predicted molar refractivity (Wildman–Crippen MR) is 68.5 cm³/mol. The second-order valence-corrected chi connectivity index (χ2v) is 4.41. The Morgan fingerprint density at radius 1 is 1.44 bits per heavy atom. The van der Waals surface area contributed by atoms with Crippen LogP contribution in [-0.2, 0) is 16.1 Å². The molecule has 1 aromatic heterocycles.